The zero-order valence-corrected chi connectivity index (χ0v) is 34.4. The molecule has 2 saturated heterocycles. The summed E-state index contributed by atoms with van der Waals surface area (Å²) in [5, 5.41) is 3.77. The van der Waals surface area contributed by atoms with E-state index in [9.17, 15) is 4.79 Å². The Bertz CT molecular complexity index is 1780. The number of carbonyl (C=O) groups excluding carboxylic acids is 1. The van der Waals surface area contributed by atoms with Gasteiger partial charge in [-0.2, -0.15) is 4.98 Å². The zero-order chi connectivity index (χ0) is 37.6. The fourth-order valence-corrected chi connectivity index (χ4v) is 8.72. The summed E-state index contributed by atoms with van der Waals surface area (Å²) in [6.45, 7) is 19.3. The van der Waals surface area contributed by atoms with E-state index in [0.29, 0.717) is 66.2 Å². The molecule has 0 radical (unpaired) electrons. The van der Waals surface area contributed by atoms with Gasteiger partial charge in [0, 0.05) is 26.3 Å². The summed E-state index contributed by atoms with van der Waals surface area (Å²) in [6.07, 6.45) is 0.0903. The monoisotopic (exact) mass is 778 g/mol. The molecule has 1 unspecified atom stereocenters. The number of nitrogens with zero attached hydrogens (tertiary/aromatic N) is 3. The van der Waals surface area contributed by atoms with Crippen molar-refractivity contribution in [2.24, 2.45) is 0 Å². The van der Waals surface area contributed by atoms with Crippen LogP contribution in [0.25, 0.3) is 11.2 Å². The van der Waals surface area contributed by atoms with E-state index in [2.05, 4.69) is 63.6 Å². The summed E-state index contributed by atoms with van der Waals surface area (Å²) in [6, 6.07) is 5.70. The standard InChI is InChI=1S/C36H52ClFN4O8Si2/c1-36(2,3)52(8,9)50-28-18-48-31-27(17-47-32(28)31)49-35-40-26-16-23(37)33(41-34(26)42(35)20-45-12-13-51(5,6)7)39-25-11-10-21-14-22(15-24(38)30(21)25)46-19-29(43)44-4/h14-16,25,27-28,31-32H,10-13,17-20H2,1-9H3,(H,39,41)/t25?,27-,28-,31-,32-/m1/s1. The van der Waals surface area contributed by atoms with Crippen LogP contribution in [0, 0.1) is 5.82 Å². The quantitative estimate of drug-likeness (QED) is 0.102. The first kappa shape index (κ1) is 38.9. The van der Waals surface area contributed by atoms with E-state index in [0.717, 1.165) is 11.6 Å². The van der Waals surface area contributed by atoms with Gasteiger partial charge in [0.05, 0.1) is 37.5 Å². The van der Waals surface area contributed by atoms with Crippen LogP contribution in [0.2, 0.25) is 48.8 Å². The third-order valence-corrected chi connectivity index (χ3v) is 17.0. The van der Waals surface area contributed by atoms with E-state index in [1.54, 1.807) is 16.7 Å². The van der Waals surface area contributed by atoms with E-state index in [1.807, 2.05) is 0 Å². The van der Waals surface area contributed by atoms with Crippen molar-refractivity contribution in [2.75, 3.05) is 38.9 Å². The van der Waals surface area contributed by atoms with Crippen LogP contribution < -0.4 is 14.8 Å². The summed E-state index contributed by atoms with van der Waals surface area (Å²) >= 11 is 6.79. The van der Waals surface area contributed by atoms with Crippen LogP contribution in [-0.2, 0) is 41.3 Å². The minimum atomic E-state index is -2.05. The third kappa shape index (κ3) is 8.45. The van der Waals surface area contributed by atoms with E-state index >= 15 is 4.39 Å². The molecule has 0 bridgehead atoms. The minimum absolute atomic E-state index is 0.0580. The van der Waals surface area contributed by atoms with Gasteiger partial charge in [-0.25, -0.2) is 14.2 Å². The molecular weight excluding hydrogens is 727 g/mol. The molecule has 0 amide bonds. The molecule has 2 aliphatic heterocycles. The summed E-state index contributed by atoms with van der Waals surface area (Å²) < 4.78 is 59.3. The van der Waals surface area contributed by atoms with Crippen molar-refractivity contribution in [3.05, 3.63) is 40.2 Å². The molecule has 1 aromatic carbocycles. The average Bonchev–Trinajstić information content (AvgIpc) is 3.82. The van der Waals surface area contributed by atoms with E-state index in [1.165, 1.54) is 13.2 Å². The molecule has 5 atom stereocenters. The number of anilines is 1. The van der Waals surface area contributed by atoms with Gasteiger partial charge in [-0.3, -0.25) is 4.57 Å². The first-order chi connectivity index (χ1) is 24.4. The van der Waals surface area contributed by atoms with Crippen molar-refractivity contribution in [3.8, 4) is 11.8 Å². The Morgan fingerprint density at radius 2 is 1.79 bits per heavy atom. The largest absolute Gasteiger partial charge is 0.482 e. The van der Waals surface area contributed by atoms with Crippen molar-refractivity contribution in [3.63, 3.8) is 0 Å². The van der Waals surface area contributed by atoms with Gasteiger partial charge in [-0.15, -0.1) is 0 Å². The molecule has 1 aliphatic carbocycles. The summed E-state index contributed by atoms with van der Waals surface area (Å²) in [5.74, 6) is -0.324. The number of nitrogens with one attached hydrogen (secondary N) is 1. The summed E-state index contributed by atoms with van der Waals surface area (Å²) in [4.78, 5) is 21.2. The lowest BCUT2D eigenvalue weighted by Crippen LogP contribution is -2.47. The lowest BCUT2D eigenvalue weighted by Gasteiger charge is -2.39. The van der Waals surface area contributed by atoms with E-state index < -0.39 is 34.3 Å². The van der Waals surface area contributed by atoms with Gasteiger partial charge in [-0.1, -0.05) is 52.0 Å². The van der Waals surface area contributed by atoms with Gasteiger partial charge in [0.15, 0.2) is 26.7 Å². The molecule has 52 heavy (non-hydrogen) atoms. The Kier molecular flexibility index (Phi) is 11.3. The van der Waals surface area contributed by atoms with Gasteiger partial charge >= 0.3 is 12.0 Å². The first-order valence-electron chi connectivity index (χ1n) is 17.9. The highest BCUT2D eigenvalue weighted by atomic mass is 35.5. The number of ether oxygens (including phenoxy) is 6. The third-order valence-electron chi connectivity index (χ3n) is 10.5. The summed E-state index contributed by atoms with van der Waals surface area (Å²) in [5.41, 5.74) is 2.35. The molecule has 12 nitrogen and oxygen atoms in total. The molecule has 4 heterocycles. The molecule has 3 aromatic rings. The van der Waals surface area contributed by atoms with Crippen LogP contribution >= 0.6 is 11.6 Å². The number of hydrogen-bond acceptors (Lipinski definition) is 11. The molecule has 16 heteroatoms. The molecule has 1 N–H and O–H groups in total. The fourth-order valence-electron chi connectivity index (χ4n) is 6.45. The van der Waals surface area contributed by atoms with Crippen molar-refractivity contribution in [1.82, 2.24) is 14.5 Å². The maximum Gasteiger partial charge on any atom is 0.343 e. The van der Waals surface area contributed by atoms with Crippen molar-refractivity contribution < 1.29 is 42.0 Å². The SMILES string of the molecule is COC(=O)COc1cc(F)c2c(c1)CCC2Nc1nc2c(cc1Cl)nc(O[C@@H]1CO[C@H]3[C@@H]1OC[C@H]3O[Si](C)(C)C(C)(C)C)n2COCC[Si](C)(C)C. The maximum absolute atomic E-state index is 15.5. The first-order valence-corrected chi connectivity index (χ1v) is 24.9. The second kappa shape index (κ2) is 15.1. The number of pyridine rings is 1. The normalized spacial score (nSPS) is 23.2. The molecule has 0 saturated carbocycles. The van der Waals surface area contributed by atoms with E-state index in [-0.39, 0.29) is 48.5 Å². The number of hydrogen-bond donors (Lipinski definition) is 1. The number of carbonyl (C=O) groups is 1. The Hall–Kier alpha value is -2.80. The van der Waals surface area contributed by atoms with Gasteiger partial charge in [0.1, 0.15) is 41.8 Å². The predicted octanol–water partition coefficient (Wildman–Crippen LogP) is 7.12. The molecule has 0 spiro atoms. The zero-order valence-electron chi connectivity index (χ0n) is 31.6. The van der Waals surface area contributed by atoms with Crippen LogP contribution in [0.3, 0.4) is 0 Å². The van der Waals surface area contributed by atoms with Gasteiger partial charge in [0.25, 0.3) is 0 Å². The fraction of sp³-hybridized carbons (Fsp3) is 0.639. The van der Waals surface area contributed by atoms with Crippen LogP contribution in [-0.4, -0.2) is 94.8 Å². The minimum Gasteiger partial charge on any atom is -0.482 e. The number of methoxy groups -OCH3 is 1. The van der Waals surface area contributed by atoms with Crippen molar-refractivity contribution in [2.45, 2.75) is 115 Å². The van der Waals surface area contributed by atoms with E-state index in [4.69, 9.17) is 49.7 Å². The molecule has 2 fully saturated rings. The average molecular weight is 779 g/mol. The Balaban J connectivity index is 1.23. The number of benzene rings is 1. The number of aromatic nitrogens is 3. The van der Waals surface area contributed by atoms with Crippen LogP contribution in [0.1, 0.15) is 44.4 Å². The maximum atomic E-state index is 15.5. The highest BCUT2D eigenvalue weighted by molar-refractivity contribution is 6.76. The number of esters is 1. The highest BCUT2D eigenvalue weighted by Gasteiger charge is 2.52. The lowest BCUT2D eigenvalue weighted by atomic mass is 10.1. The number of halogens is 2. The van der Waals surface area contributed by atoms with Crippen molar-refractivity contribution in [1.29, 1.82) is 0 Å². The Morgan fingerprint density at radius 1 is 1.08 bits per heavy atom. The number of imidazole rings is 1. The predicted molar refractivity (Wildman–Crippen MR) is 201 cm³/mol. The second-order valence-electron chi connectivity index (χ2n) is 16.6. The topological polar surface area (TPSA) is 124 Å². The number of aryl methyl sites for hydroxylation is 1. The van der Waals surface area contributed by atoms with Gasteiger partial charge in [-0.05, 0) is 54.7 Å². The molecule has 2 aromatic heterocycles. The van der Waals surface area contributed by atoms with Crippen LogP contribution in [0.15, 0.2) is 18.2 Å². The van der Waals surface area contributed by atoms with Gasteiger partial charge in [0.2, 0.25) is 0 Å². The smallest absolute Gasteiger partial charge is 0.343 e. The Labute approximate surface area is 312 Å². The lowest BCUT2D eigenvalue weighted by molar-refractivity contribution is -0.142. The summed E-state index contributed by atoms with van der Waals surface area (Å²) in [7, 11) is -2.11. The molecule has 6 rings (SSSR count). The van der Waals surface area contributed by atoms with Crippen LogP contribution in [0.4, 0.5) is 10.2 Å². The van der Waals surface area contributed by atoms with Crippen molar-refractivity contribution >= 4 is 50.9 Å². The highest BCUT2D eigenvalue weighted by Crippen LogP contribution is 2.42. The van der Waals surface area contributed by atoms with Gasteiger partial charge < -0.3 is 38.2 Å². The molecule has 3 aliphatic rings. The Morgan fingerprint density at radius 3 is 2.48 bits per heavy atom. The second-order valence-corrected chi connectivity index (χ2v) is 27.4. The van der Waals surface area contributed by atoms with Crippen LogP contribution in [0.5, 0.6) is 11.8 Å². The molecular formula is C36H52ClFN4O8Si2. The number of fused-ring (bicyclic) bond motifs is 3. The molecule has 286 valence electrons. The number of rotatable bonds is 14.